The van der Waals surface area contributed by atoms with Crippen molar-refractivity contribution in [1.29, 1.82) is 0 Å². The Balaban J connectivity index is 0.00000240. The Morgan fingerprint density at radius 2 is 2.10 bits per heavy atom. The van der Waals surface area contributed by atoms with E-state index in [4.69, 9.17) is 9.98 Å². The maximum absolute atomic E-state index is 4.87. The molecular formula is C22H29IN6. The number of hydrogen-bond acceptors (Lipinski definition) is 3. The van der Waals surface area contributed by atoms with E-state index >= 15 is 0 Å². The summed E-state index contributed by atoms with van der Waals surface area (Å²) in [5.74, 6) is 1.54. The van der Waals surface area contributed by atoms with E-state index in [1.54, 1.807) is 0 Å². The van der Waals surface area contributed by atoms with Crippen molar-refractivity contribution in [2.75, 3.05) is 26.2 Å². The zero-order chi connectivity index (χ0) is 19.3. The van der Waals surface area contributed by atoms with Crippen molar-refractivity contribution >= 4 is 40.8 Å². The summed E-state index contributed by atoms with van der Waals surface area (Å²) in [4.78, 5) is 12.0. The monoisotopic (exact) mass is 504 g/mol. The van der Waals surface area contributed by atoms with Gasteiger partial charge in [0, 0.05) is 62.8 Å². The number of likely N-dealkylation sites (tertiary alicyclic amines) is 1. The van der Waals surface area contributed by atoms with Crippen LogP contribution in [0.5, 0.6) is 0 Å². The molecule has 0 aliphatic carbocycles. The summed E-state index contributed by atoms with van der Waals surface area (Å²) in [5, 5.41) is 8.95. The number of aryl methyl sites for hydroxylation is 1. The van der Waals surface area contributed by atoms with Crippen molar-refractivity contribution in [1.82, 2.24) is 25.0 Å². The molecule has 1 aliphatic rings. The molecule has 0 spiro atoms. The van der Waals surface area contributed by atoms with Gasteiger partial charge >= 0.3 is 0 Å². The first-order valence-corrected chi connectivity index (χ1v) is 10.1. The normalized spacial score (nSPS) is 16.8. The molecule has 3 aromatic rings. The van der Waals surface area contributed by atoms with Crippen LogP contribution in [0.25, 0.3) is 10.9 Å². The van der Waals surface area contributed by atoms with Crippen molar-refractivity contribution in [2.45, 2.75) is 25.7 Å². The Morgan fingerprint density at radius 1 is 1.24 bits per heavy atom. The van der Waals surface area contributed by atoms with Gasteiger partial charge < -0.3 is 10.2 Å². The van der Waals surface area contributed by atoms with Crippen LogP contribution in [0.2, 0.25) is 0 Å². The highest BCUT2D eigenvalue weighted by atomic mass is 127. The molecule has 154 valence electrons. The molecule has 1 saturated heterocycles. The fourth-order valence-electron chi connectivity index (χ4n) is 3.83. The van der Waals surface area contributed by atoms with Crippen molar-refractivity contribution in [3.63, 3.8) is 0 Å². The van der Waals surface area contributed by atoms with Gasteiger partial charge in [-0.15, -0.1) is 24.0 Å². The fourth-order valence-corrected chi connectivity index (χ4v) is 3.83. The third-order valence-electron chi connectivity index (χ3n) is 5.30. The number of pyridine rings is 1. The fraction of sp³-hybridized carbons (Fsp3) is 0.409. The summed E-state index contributed by atoms with van der Waals surface area (Å²) in [6, 6.07) is 12.5. The number of aliphatic imine (C=N–C) groups is 1. The first-order chi connectivity index (χ1) is 13.7. The average Bonchev–Trinajstić information content (AvgIpc) is 3.36. The van der Waals surface area contributed by atoms with Gasteiger partial charge in [-0.05, 0) is 31.0 Å². The summed E-state index contributed by atoms with van der Waals surface area (Å²) >= 11 is 0. The molecule has 0 saturated carbocycles. The van der Waals surface area contributed by atoms with Gasteiger partial charge in [-0.2, -0.15) is 5.10 Å². The van der Waals surface area contributed by atoms with Crippen molar-refractivity contribution < 1.29 is 0 Å². The van der Waals surface area contributed by atoms with E-state index in [1.165, 1.54) is 10.9 Å². The van der Waals surface area contributed by atoms with Crippen LogP contribution < -0.4 is 5.32 Å². The molecular weight excluding hydrogens is 475 g/mol. The highest BCUT2D eigenvalue weighted by Crippen LogP contribution is 2.26. The van der Waals surface area contributed by atoms with E-state index < -0.39 is 0 Å². The summed E-state index contributed by atoms with van der Waals surface area (Å²) in [6.45, 7) is 5.75. The van der Waals surface area contributed by atoms with E-state index in [-0.39, 0.29) is 24.0 Å². The van der Waals surface area contributed by atoms with Crippen LogP contribution in [0, 0.1) is 0 Å². The van der Waals surface area contributed by atoms with Crippen molar-refractivity contribution in [3.8, 4) is 0 Å². The number of nitrogens with zero attached hydrogens (tertiary/aromatic N) is 5. The Bertz CT molecular complexity index is 967. The highest BCUT2D eigenvalue weighted by molar-refractivity contribution is 14.0. The first-order valence-electron chi connectivity index (χ1n) is 10.1. The molecule has 1 aromatic carbocycles. The Morgan fingerprint density at radius 3 is 2.90 bits per heavy atom. The number of benzene rings is 1. The van der Waals surface area contributed by atoms with Crippen molar-refractivity contribution in [3.05, 3.63) is 60.0 Å². The first kappa shape index (κ1) is 21.5. The molecule has 1 unspecified atom stereocenters. The molecule has 4 rings (SSSR count). The third kappa shape index (κ3) is 5.26. The predicted octanol–water partition coefficient (Wildman–Crippen LogP) is 3.58. The Kier molecular flexibility index (Phi) is 7.46. The second-order valence-electron chi connectivity index (χ2n) is 7.36. The van der Waals surface area contributed by atoms with Gasteiger partial charge in [-0.25, -0.2) is 0 Å². The van der Waals surface area contributed by atoms with Gasteiger partial charge in [-0.1, -0.05) is 24.3 Å². The SMILES string of the molecule is CCNC(=NCCc1ccc2ccccc2n1)N1CCC(c2cnn(C)c2)C1.I. The van der Waals surface area contributed by atoms with E-state index in [9.17, 15) is 0 Å². The van der Waals surface area contributed by atoms with Gasteiger partial charge in [0.1, 0.15) is 0 Å². The Hall–Kier alpha value is -2.16. The van der Waals surface area contributed by atoms with E-state index in [0.717, 1.165) is 56.2 Å². The molecule has 0 amide bonds. The lowest BCUT2D eigenvalue weighted by atomic mass is 10.0. The van der Waals surface area contributed by atoms with Crippen LogP contribution in [-0.4, -0.2) is 51.8 Å². The highest BCUT2D eigenvalue weighted by Gasteiger charge is 2.26. The van der Waals surface area contributed by atoms with Crippen LogP contribution >= 0.6 is 24.0 Å². The van der Waals surface area contributed by atoms with Crippen LogP contribution in [0.15, 0.2) is 53.8 Å². The predicted molar refractivity (Wildman–Crippen MR) is 129 cm³/mol. The number of fused-ring (bicyclic) bond motifs is 1. The van der Waals surface area contributed by atoms with Crippen LogP contribution in [-0.2, 0) is 13.5 Å². The number of guanidine groups is 1. The smallest absolute Gasteiger partial charge is 0.193 e. The molecule has 1 aliphatic heterocycles. The zero-order valence-electron chi connectivity index (χ0n) is 17.1. The van der Waals surface area contributed by atoms with Gasteiger partial charge in [0.15, 0.2) is 5.96 Å². The van der Waals surface area contributed by atoms with E-state index in [0.29, 0.717) is 5.92 Å². The summed E-state index contributed by atoms with van der Waals surface area (Å²) in [6.07, 6.45) is 6.11. The van der Waals surface area contributed by atoms with Crippen molar-refractivity contribution in [2.24, 2.45) is 12.0 Å². The number of halogens is 1. The van der Waals surface area contributed by atoms with Crippen LogP contribution in [0.3, 0.4) is 0 Å². The number of nitrogens with one attached hydrogen (secondary N) is 1. The lowest BCUT2D eigenvalue weighted by molar-refractivity contribution is 0.486. The molecule has 7 heteroatoms. The molecule has 1 atom stereocenters. The standard InChI is InChI=1S/C22H28N6.HI/c1-3-23-22(28-13-11-18(16-28)19-14-25-27(2)15-19)24-12-10-20-9-8-17-6-4-5-7-21(17)26-20;/h4-9,14-15,18H,3,10-13,16H2,1-2H3,(H,23,24);1H. The largest absolute Gasteiger partial charge is 0.357 e. The zero-order valence-corrected chi connectivity index (χ0v) is 19.4. The summed E-state index contributed by atoms with van der Waals surface area (Å²) in [5.41, 5.74) is 3.46. The van der Waals surface area contributed by atoms with E-state index in [2.05, 4.69) is 52.7 Å². The summed E-state index contributed by atoms with van der Waals surface area (Å²) in [7, 11) is 1.97. The minimum atomic E-state index is 0. The molecule has 3 heterocycles. The van der Waals surface area contributed by atoms with Gasteiger partial charge in [0.05, 0.1) is 11.7 Å². The minimum Gasteiger partial charge on any atom is -0.357 e. The second kappa shape index (κ2) is 10.0. The molecule has 0 radical (unpaired) electrons. The van der Waals surface area contributed by atoms with Crippen LogP contribution in [0.4, 0.5) is 0 Å². The maximum Gasteiger partial charge on any atom is 0.193 e. The molecule has 1 N–H and O–H groups in total. The minimum absolute atomic E-state index is 0. The average molecular weight is 504 g/mol. The molecule has 6 nitrogen and oxygen atoms in total. The molecule has 29 heavy (non-hydrogen) atoms. The number of rotatable bonds is 5. The third-order valence-corrected chi connectivity index (χ3v) is 5.30. The lowest BCUT2D eigenvalue weighted by Crippen LogP contribution is -2.40. The van der Waals surface area contributed by atoms with Gasteiger partial charge in [0.2, 0.25) is 0 Å². The quantitative estimate of drug-likeness (QED) is 0.328. The van der Waals surface area contributed by atoms with Gasteiger partial charge in [0.25, 0.3) is 0 Å². The molecule has 0 bridgehead atoms. The van der Waals surface area contributed by atoms with E-state index in [1.807, 2.05) is 30.1 Å². The Labute approximate surface area is 189 Å². The number of aromatic nitrogens is 3. The number of para-hydroxylation sites is 1. The second-order valence-corrected chi connectivity index (χ2v) is 7.36. The molecule has 1 fully saturated rings. The lowest BCUT2D eigenvalue weighted by Gasteiger charge is -2.21. The van der Waals surface area contributed by atoms with Crippen LogP contribution in [0.1, 0.15) is 30.5 Å². The maximum atomic E-state index is 4.87. The van der Waals surface area contributed by atoms with Gasteiger partial charge in [-0.3, -0.25) is 14.7 Å². The topological polar surface area (TPSA) is 58.3 Å². The number of hydrogen-bond donors (Lipinski definition) is 1. The summed E-state index contributed by atoms with van der Waals surface area (Å²) < 4.78 is 1.88. The molecule has 2 aromatic heterocycles.